The van der Waals surface area contributed by atoms with Gasteiger partial charge in [-0.3, -0.25) is 19.5 Å². The molecule has 9 heteroatoms. The summed E-state index contributed by atoms with van der Waals surface area (Å²) in [4.78, 5) is 46.8. The third-order valence-electron chi connectivity index (χ3n) is 6.36. The second-order valence-electron chi connectivity index (χ2n) is 8.82. The topological polar surface area (TPSA) is 94.6 Å². The Labute approximate surface area is 197 Å². The molecule has 0 saturated carbocycles. The van der Waals surface area contributed by atoms with Crippen molar-refractivity contribution in [2.75, 3.05) is 19.6 Å². The summed E-state index contributed by atoms with van der Waals surface area (Å²) in [5, 5.41) is 5.76. The number of amides is 4. The molecular formula is C25H28FN5O3. The van der Waals surface area contributed by atoms with Crippen LogP contribution in [0.5, 0.6) is 0 Å². The SMILES string of the molecule is CCN1C(=O)N[C@H](c2ccc(F)cc2)C2=C1CN(C(C)(C)C(=O)NCCc1ccccn1)C2=O. The number of aromatic nitrogens is 1. The molecule has 178 valence electrons. The fraction of sp³-hybridized carbons (Fsp3) is 0.360. The first-order valence-electron chi connectivity index (χ1n) is 11.3. The molecule has 2 N–H and O–H groups in total. The number of rotatable bonds is 7. The molecule has 1 aromatic heterocycles. The third kappa shape index (κ3) is 4.25. The van der Waals surface area contributed by atoms with Crippen LogP contribution in [0.2, 0.25) is 0 Å². The van der Waals surface area contributed by atoms with Crippen LogP contribution < -0.4 is 10.6 Å². The van der Waals surface area contributed by atoms with Crippen molar-refractivity contribution in [2.24, 2.45) is 0 Å². The van der Waals surface area contributed by atoms with Gasteiger partial charge in [-0.1, -0.05) is 18.2 Å². The first-order chi connectivity index (χ1) is 16.2. The smallest absolute Gasteiger partial charge is 0.322 e. The predicted molar refractivity (Wildman–Crippen MR) is 124 cm³/mol. The molecule has 34 heavy (non-hydrogen) atoms. The van der Waals surface area contributed by atoms with Crippen LogP contribution in [-0.2, 0) is 16.0 Å². The van der Waals surface area contributed by atoms with Crippen LogP contribution >= 0.6 is 0 Å². The zero-order chi connectivity index (χ0) is 24.5. The van der Waals surface area contributed by atoms with Crippen molar-refractivity contribution in [3.8, 4) is 0 Å². The van der Waals surface area contributed by atoms with E-state index in [-0.39, 0.29) is 24.4 Å². The summed E-state index contributed by atoms with van der Waals surface area (Å²) in [6.07, 6.45) is 2.27. The number of benzene rings is 1. The highest BCUT2D eigenvalue weighted by molar-refractivity contribution is 6.04. The zero-order valence-electron chi connectivity index (χ0n) is 19.5. The maximum absolute atomic E-state index is 13.6. The molecule has 2 aromatic rings. The van der Waals surface area contributed by atoms with Crippen molar-refractivity contribution in [3.05, 3.63) is 77.0 Å². The molecule has 0 fully saturated rings. The van der Waals surface area contributed by atoms with Gasteiger partial charge < -0.3 is 15.5 Å². The lowest BCUT2D eigenvalue weighted by Crippen LogP contribution is -2.56. The molecular weight excluding hydrogens is 437 g/mol. The van der Waals surface area contributed by atoms with E-state index in [2.05, 4.69) is 15.6 Å². The van der Waals surface area contributed by atoms with E-state index >= 15 is 0 Å². The van der Waals surface area contributed by atoms with Gasteiger partial charge >= 0.3 is 6.03 Å². The van der Waals surface area contributed by atoms with E-state index in [0.29, 0.717) is 36.3 Å². The van der Waals surface area contributed by atoms with Gasteiger partial charge in [0.05, 0.1) is 23.9 Å². The number of hydrogen-bond donors (Lipinski definition) is 2. The van der Waals surface area contributed by atoms with Crippen molar-refractivity contribution < 1.29 is 18.8 Å². The Morgan fingerprint density at radius 2 is 1.94 bits per heavy atom. The van der Waals surface area contributed by atoms with Gasteiger partial charge in [0.15, 0.2) is 0 Å². The fourth-order valence-corrected chi connectivity index (χ4v) is 4.37. The minimum Gasteiger partial charge on any atom is -0.354 e. The summed E-state index contributed by atoms with van der Waals surface area (Å²) in [5.41, 5.74) is 1.28. The van der Waals surface area contributed by atoms with Gasteiger partial charge in [-0.2, -0.15) is 0 Å². The normalized spacial score (nSPS) is 18.2. The molecule has 1 atom stereocenters. The Hall–Kier alpha value is -3.75. The van der Waals surface area contributed by atoms with E-state index in [1.807, 2.05) is 25.1 Å². The molecule has 3 heterocycles. The number of carbonyl (C=O) groups is 3. The predicted octanol–water partition coefficient (Wildman–Crippen LogP) is 2.54. The molecule has 8 nitrogen and oxygen atoms in total. The minimum atomic E-state index is -1.16. The Morgan fingerprint density at radius 1 is 1.21 bits per heavy atom. The maximum Gasteiger partial charge on any atom is 0.322 e. The molecule has 0 saturated heterocycles. The fourth-order valence-electron chi connectivity index (χ4n) is 4.37. The molecule has 0 aliphatic carbocycles. The number of pyridine rings is 1. The van der Waals surface area contributed by atoms with Gasteiger partial charge in [0.2, 0.25) is 5.91 Å². The molecule has 2 aliphatic rings. The van der Waals surface area contributed by atoms with Crippen LogP contribution in [0.15, 0.2) is 59.9 Å². The van der Waals surface area contributed by atoms with E-state index in [1.165, 1.54) is 21.9 Å². The van der Waals surface area contributed by atoms with Crippen LogP contribution in [0.3, 0.4) is 0 Å². The van der Waals surface area contributed by atoms with Gasteiger partial charge in [-0.25, -0.2) is 9.18 Å². The Kier molecular flexibility index (Phi) is 6.37. The van der Waals surface area contributed by atoms with Crippen molar-refractivity contribution in [3.63, 3.8) is 0 Å². The van der Waals surface area contributed by atoms with E-state index in [4.69, 9.17) is 0 Å². The van der Waals surface area contributed by atoms with E-state index in [1.54, 1.807) is 32.2 Å². The second-order valence-corrected chi connectivity index (χ2v) is 8.82. The Morgan fingerprint density at radius 3 is 2.59 bits per heavy atom. The van der Waals surface area contributed by atoms with E-state index < -0.39 is 17.4 Å². The largest absolute Gasteiger partial charge is 0.354 e. The van der Waals surface area contributed by atoms with Crippen molar-refractivity contribution in [1.29, 1.82) is 0 Å². The molecule has 2 aliphatic heterocycles. The molecule has 0 unspecified atom stereocenters. The van der Waals surface area contributed by atoms with Crippen molar-refractivity contribution in [2.45, 2.75) is 38.8 Å². The molecule has 1 aromatic carbocycles. The van der Waals surface area contributed by atoms with Gasteiger partial charge in [0, 0.05) is 31.4 Å². The summed E-state index contributed by atoms with van der Waals surface area (Å²) < 4.78 is 13.5. The highest BCUT2D eigenvalue weighted by Crippen LogP contribution is 2.38. The molecule has 0 bridgehead atoms. The van der Waals surface area contributed by atoms with Gasteiger partial charge in [0.25, 0.3) is 5.91 Å². The van der Waals surface area contributed by atoms with Crippen LogP contribution in [-0.4, -0.2) is 57.8 Å². The van der Waals surface area contributed by atoms with E-state index in [0.717, 1.165) is 5.69 Å². The number of nitrogens with zero attached hydrogens (tertiary/aromatic N) is 3. The lowest BCUT2D eigenvalue weighted by Gasteiger charge is -2.35. The van der Waals surface area contributed by atoms with Gasteiger partial charge in [-0.05, 0) is 50.6 Å². The zero-order valence-corrected chi connectivity index (χ0v) is 19.5. The van der Waals surface area contributed by atoms with Crippen LogP contribution in [0.1, 0.15) is 38.1 Å². The Bertz CT molecular complexity index is 1130. The third-order valence-corrected chi connectivity index (χ3v) is 6.36. The summed E-state index contributed by atoms with van der Waals surface area (Å²) >= 11 is 0. The van der Waals surface area contributed by atoms with Crippen LogP contribution in [0, 0.1) is 5.82 Å². The van der Waals surface area contributed by atoms with Crippen molar-refractivity contribution in [1.82, 2.24) is 25.4 Å². The molecule has 4 rings (SSSR count). The minimum absolute atomic E-state index is 0.133. The quantitative estimate of drug-likeness (QED) is 0.657. The number of urea groups is 1. The summed E-state index contributed by atoms with van der Waals surface area (Å²) in [5.74, 6) is -1.02. The lowest BCUT2D eigenvalue weighted by molar-refractivity contribution is -0.141. The Balaban J connectivity index is 1.55. The standard InChI is InChI=1S/C25H28FN5O3/c1-4-30-19-15-31(25(2,3)23(33)28-14-12-18-7-5-6-13-27-18)22(32)20(19)21(29-24(30)34)16-8-10-17(26)11-9-16/h5-11,13,21H,4,12,14-15H2,1-3H3,(H,28,33)(H,29,34)/t21-/m1/s1. The number of hydrogen-bond acceptors (Lipinski definition) is 4. The number of carbonyl (C=O) groups excluding carboxylic acids is 3. The highest BCUT2D eigenvalue weighted by Gasteiger charge is 2.49. The number of halogens is 1. The van der Waals surface area contributed by atoms with E-state index in [9.17, 15) is 18.8 Å². The highest BCUT2D eigenvalue weighted by atomic mass is 19.1. The van der Waals surface area contributed by atoms with Crippen molar-refractivity contribution >= 4 is 17.8 Å². The number of nitrogens with one attached hydrogen (secondary N) is 2. The average Bonchev–Trinajstić information content (AvgIpc) is 3.17. The first kappa shape index (κ1) is 23.4. The molecule has 0 spiro atoms. The average molecular weight is 466 g/mol. The van der Waals surface area contributed by atoms with Gasteiger partial charge in [-0.15, -0.1) is 0 Å². The second kappa shape index (κ2) is 9.24. The van der Waals surface area contributed by atoms with Crippen LogP contribution in [0.25, 0.3) is 0 Å². The van der Waals surface area contributed by atoms with Crippen LogP contribution in [0.4, 0.5) is 9.18 Å². The molecule has 0 radical (unpaired) electrons. The summed E-state index contributed by atoms with van der Waals surface area (Å²) in [7, 11) is 0. The lowest BCUT2D eigenvalue weighted by atomic mass is 9.95. The number of likely N-dealkylation sites (N-methyl/N-ethyl adjacent to an activating group) is 1. The molecule has 4 amide bonds. The van der Waals surface area contributed by atoms with Gasteiger partial charge in [0.1, 0.15) is 11.4 Å². The monoisotopic (exact) mass is 465 g/mol. The summed E-state index contributed by atoms with van der Waals surface area (Å²) in [6.45, 7) is 6.10. The summed E-state index contributed by atoms with van der Waals surface area (Å²) in [6, 6.07) is 10.3. The first-order valence-corrected chi connectivity index (χ1v) is 11.3. The maximum atomic E-state index is 13.6.